The Morgan fingerprint density at radius 1 is 1.37 bits per heavy atom. The standard InChI is InChI=1S/C15H24N2O2/c1-11(18)13-8-12(10-16(13)3)9-14(19)15(2)6-5-7-17(15)4/h9,13H,5-8,10H2,1-4H3/b12-9+/t13-,15-/m0/s1. The molecule has 0 aromatic carbocycles. The van der Waals surface area contributed by atoms with Crippen molar-refractivity contribution in [1.29, 1.82) is 0 Å². The van der Waals surface area contributed by atoms with Crippen LogP contribution in [0.2, 0.25) is 0 Å². The van der Waals surface area contributed by atoms with E-state index in [0.717, 1.165) is 31.5 Å². The molecule has 2 aliphatic rings. The Hall–Kier alpha value is -1.00. The van der Waals surface area contributed by atoms with Crippen LogP contribution in [0.5, 0.6) is 0 Å². The number of rotatable bonds is 3. The molecule has 2 rings (SSSR count). The van der Waals surface area contributed by atoms with Gasteiger partial charge in [-0.2, -0.15) is 0 Å². The Morgan fingerprint density at radius 3 is 2.53 bits per heavy atom. The average Bonchev–Trinajstić information content (AvgIpc) is 2.84. The number of likely N-dealkylation sites (N-methyl/N-ethyl adjacent to an activating group) is 2. The van der Waals surface area contributed by atoms with Gasteiger partial charge in [0.15, 0.2) is 5.78 Å². The van der Waals surface area contributed by atoms with Crippen LogP contribution >= 0.6 is 0 Å². The van der Waals surface area contributed by atoms with Gasteiger partial charge in [-0.1, -0.05) is 5.57 Å². The van der Waals surface area contributed by atoms with E-state index >= 15 is 0 Å². The first kappa shape index (κ1) is 14.4. The zero-order valence-electron chi connectivity index (χ0n) is 12.4. The molecule has 19 heavy (non-hydrogen) atoms. The lowest BCUT2D eigenvalue weighted by atomic mass is 9.91. The summed E-state index contributed by atoms with van der Waals surface area (Å²) in [5.41, 5.74) is 0.745. The highest BCUT2D eigenvalue weighted by Gasteiger charge is 2.40. The van der Waals surface area contributed by atoms with Crippen molar-refractivity contribution in [3.05, 3.63) is 11.6 Å². The Morgan fingerprint density at radius 2 is 2.05 bits per heavy atom. The van der Waals surface area contributed by atoms with Gasteiger partial charge in [-0.15, -0.1) is 0 Å². The first-order chi connectivity index (χ1) is 8.84. The van der Waals surface area contributed by atoms with Crippen LogP contribution in [0, 0.1) is 0 Å². The summed E-state index contributed by atoms with van der Waals surface area (Å²) in [6.45, 7) is 5.37. The van der Waals surface area contributed by atoms with Gasteiger partial charge in [0.2, 0.25) is 0 Å². The molecule has 0 bridgehead atoms. The number of ketones is 2. The summed E-state index contributed by atoms with van der Waals surface area (Å²) in [5, 5.41) is 0. The largest absolute Gasteiger partial charge is 0.298 e. The van der Waals surface area contributed by atoms with Crippen molar-refractivity contribution >= 4 is 11.6 Å². The quantitative estimate of drug-likeness (QED) is 0.720. The predicted octanol–water partition coefficient (Wildman–Crippen LogP) is 1.26. The van der Waals surface area contributed by atoms with E-state index in [1.165, 1.54) is 0 Å². The van der Waals surface area contributed by atoms with Crippen molar-refractivity contribution < 1.29 is 9.59 Å². The molecule has 4 heteroatoms. The van der Waals surface area contributed by atoms with Gasteiger partial charge in [-0.3, -0.25) is 19.4 Å². The molecule has 0 N–H and O–H groups in total. The third kappa shape index (κ3) is 2.65. The van der Waals surface area contributed by atoms with E-state index < -0.39 is 0 Å². The zero-order valence-corrected chi connectivity index (χ0v) is 12.4. The molecule has 2 aliphatic heterocycles. The molecule has 0 spiro atoms. The molecule has 0 amide bonds. The lowest BCUT2D eigenvalue weighted by Crippen LogP contribution is -2.45. The topological polar surface area (TPSA) is 40.6 Å². The highest BCUT2D eigenvalue weighted by molar-refractivity contribution is 5.98. The fraction of sp³-hybridized carbons (Fsp3) is 0.733. The smallest absolute Gasteiger partial charge is 0.175 e. The second-order valence-corrected chi connectivity index (χ2v) is 6.21. The number of hydrogen-bond acceptors (Lipinski definition) is 4. The Bertz CT molecular complexity index is 430. The molecular weight excluding hydrogens is 240 g/mol. The van der Waals surface area contributed by atoms with E-state index in [1.807, 2.05) is 25.9 Å². The third-order valence-electron chi connectivity index (χ3n) is 4.77. The van der Waals surface area contributed by atoms with E-state index in [-0.39, 0.29) is 23.1 Å². The molecule has 2 saturated heterocycles. The minimum absolute atomic E-state index is 0.0480. The fourth-order valence-electron chi connectivity index (χ4n) is 3.21. The molecule has 0 saturated carbocycles. The van der Waals surface area contributed by atoms with Gasteiger partial charge in [0.1, 0.15) is 5.78 Å². The normalized spacial score (nSPS) is 35.2. The molecule has 4 nitrogen and oxygen atoms in total. The second kappa shape index (κ2) is 5.17. The highest BCUT2D eigenvalue weighted by Crippen LogP contribution is 2.30. The first-order valence-electron chi connectivity index (χ1n) is 7.00. The van der Waals surface area contributed by atoms with Crippen LogP contribution in [0.1, 0.15) is 33.1 Å². The maximum absolute atomic E-state index is 12.5. The van der Waals surface area contributed by atoms with Crippen LogP contribution in [0.25, 0.3) is 0 Å². The van der Waals surface area contributed by atoms with E-state index in [1.54, 1.807) is 13.0 Å². The summed E-state index contributed by atoms with van der Waals surface area (Å²) in [6.07, 6.45) is 4.51. The minimum atomic E-state index is -0.347. The van der Waals surface area contributed by atoms with Gasteiger partial charge in [-0.05, 0) is 59.8 Å². The number of hydrogen-bond donors (Lipinski definition) is 0. The maximum atomic E-state index is 12.5. The molecule has 0 radical (unpaired) electrons. The van der Waals surface area contributed by atoms with Gasteiger partial charge in [0.05, 0.1) is 11.6 Å². The number of carbonyl (C=O) groups excluding carboxylic acids is 2. The van der Waals surface area contributed by atoms with Crippen LogP contribution in [0.4, 0.5) is 0 Å². The lowest BCUT2D eigenvalue weighted by molar-refractivity contribution is -0.123. The summed E-state index contributed by atoms with van der Waals surface area (Å²) in [6, 6.07) is -0.0480. The van der Waals surface area contributed by atoms with E-state index in [9.17, 15) is 9.59 Å². The summed E-state index contributed by atoms with van der Waals surface area (Å²) in [5.74, 6) is 0.377. The summed E-state index contributed by atoms with van der Waals surface area (Å²) < 4.78 is 0. The van der Waals surface area contributed by atoms with Crippen LogP contribution in [-0.4, -0.2) is 60.1 Å². The Labute approximate surface area is 115 Å². The summed E-state index contributed by atoms with van der Waals surface area (Å²) >= 11 is 0. The van der Waals surface area contributed by atoms with Crippen molar-refractivity contribution in [1.82, 2.24) is 9.80 Å². The number of likely N-dealkylation sites (tertiary alicyclic amines) is 2. The number of nitrogens with zero attached hydrogens (tertiary/aromatic N) is 2. The summed E-state index contributed by atoms with van der Waals surface area (Å²) in [7, 11) is 3.96. The molecule has 0 aromatic rings. The maximum Gasteiger partial charge on any atom is 0.175 e. The molecule has 2 heterocycles. The van der Waals surface area contributed by atoms with Gasteiger partial charge in [0.25, 0.3) is 0 Å². The van der Waals surface area contributed by atoms with Crippen LogP contribution < -0.4 is 0 Å². The van der Waals surface area contributed by atoms with Crippen molar-refractivity contribution in [2.24, 2.45) is 0 Å². The molecule has 2 atom stereocenters. The molecule has 106 valence electrons. The monoisotopic (exact) mass is 264 g/mol. The lowest BCUT2D eigenvalue weighted by Gasteiger charge is -2.29. The van der Waals surface area contributed by atoms with Crippen LogP contribution in [0.3, 0.4) is 0 Å². The second-order valence-electron chi connectivity index (χ2n) is 6.21. The first-order valence-corrected chi connectivity index (χ1v) is 7.00. The van der Waals surface area contributed by atoms with Gasteiger partial charge in [-0.25, -0.2) is 0 Å². The third-order valence-corrected chi connectivity index (χ3v) is 4.77. The minimum Gasteiger partial charge on any atom is -0.298 e. The Balaban J connectivity index is 2.11. The SMILES string of the molecule is CC(=O)[C@@H]1C/C(=C\C(=O)[C@]2(C)CCCN2C)CN1C. The number of carbonyl (C=O) groups is 2. The molecule has 0 aromatic heterocycles. The van der Waals surface area contributed by atoms with Crippen molar-refractivity contribution in [3.63, 3.8) is 0 Å². The van der Waals surface area contributed by atoms with Gasteiger partial charge in [0, 0.05) is 6.54 Å². The molecular formula is C15H24N2O2. The summed E-state index contributed by atoms with van der Waals surface area (Å²) in [4.78, 5) is 28.2. The van der Waals surface area contributed by atoms with Crippen LogP contribution in [0.15, 0.2) is 11.6 Å². The van der Waals surface area contributed by atoms with Crippen molar-refractivity contribution in [2.45, 2.75) is 44.7 Å². The number of Topliss-reactive ketones (excluding diaryl/α,β-unsaturated/α-hetero) is 1. The zero-order chi connectivity index (χ0) is 14.2. The van der Waals surface area contributed by atoms with Crippen molar-refractivity contribution in [3.8, 4) is 0 Å². The average molecular weight is 264 g/mol. The van der Waals surface area contributed by atoms with E-state index in [0.29, 0.717) is 6.42 Å². The van der Waals surface area contributed by atoms with Crippen molar-refractivity contribution in [2.75, 3.05) is 27.2 Å². The van der Waals surface area contributed by atoms with E-state index in [2.05, 4.69) is 4.90 Å². The van der Waals surface area contributed by atoms with Crippen LogP contribution in [-0.2, 0) is 9.59 Å². The predicted molar refractivity (Wildman–Crippen MR) is 75.1 cm³/mol. The highest BCUT2D eigenvalue weighted by atomic mass is 16.1. The molecule has 0 aliphatic carbocycles. The van der Waals surface area contributed by atoms with E-state index in [4.69, 9.17) is 0 Å². The van der Waals surface area contributed by atoms with Gasteiger partial charge >= 0.3 is 0 Å². The molecule has 0 unspecified atom stereocenters. The Kier molecular flexibility index (Phi) is 3.92. The molecule has 2 fully saturated rings. The fourth-order valence-corrected chi connectivity index (χ4v) is 3.21. The van der Waals surface area contributed by atoms with Gasteiger partial charge < -0.3 is 0 Å².